The van der Waals surface area contributed by atoms with Gasteiger partial charge < -0.3 is 10.2 Å². The fourth-order valence-corrected chi connectivity index (χ4v) is 3.09. The lowest BCUT2D eigenvalue weighted by Crippen LogP contribution is -2.34. The van der Waals surface area contributed by atoms with Gasteiger partial charge in [-0.1, -0.05) is 0 Å². The van der Waals surface area contributed by atoms with Gasteiger partial charge in [-0.15, -0.1) is 0 Å². The predicted octanol–water partition coefficient (Wildman–Crippen LogP) is 1.95. The van der Waals surface area contributed by atoms with Gasteiger partial charge in [0.25, 0.3) is 0 Å². The number of fused-ring (bicyclic) bond motifs is 1. The van der Waals surface area contributed by atoms with Crippen molar-refractivity contribution in [1.82, 2.24) is 10.3 Å². The normalized spacial score (nSPS) is 28.5. The zero-order chi connectivity index (χ0) is 11.1. The van der Waals surface area contributed by atoms with E-state index in [0.717, 1.165) is 17.1 Å². The Morgan fingerprint density at radius 1 is 1.50 bits per heavy atom. The number of pyridine rings is 1. The molecule has 0 unspecified atom stereocenters. The Bertz CT molecular complexity index is 407. The van der Waals surface area contributed by atoms with Gasteiger partial charge in [0.1, 0.15) is 4.60 Å². The summed E-state index contributed by atoms with van der Waals surface area (Å²) in [5.41, 5.74) is 2.49. The van der Waals surface area contributed by atoms with Gasteiger partial charge in [-0.05, 0) is 46.8 Å². The minimum absolute atomic E-state index is 0.683. The topological polar surface area (TPSA) is 28.2 Å². The number of aromatic nitrogens is 1. The van der Waals surface area contributed by atoms with E-state index in [-0.39, 0.29) is 0 Å². The summed E-state index contributed by atoms with van der Waals surface area (Å²) in [4.78, 5) is 6.90. The van der Waals surface area contributed by atoms with Crippen molar-refractivity contribution in [2.24, 2.45) is 5.92 Å². The van der Waals surface area contributed by atoms with E-state index in [1.54, 1.807) is 0 Å². The lowest BCUT2D eigenvalue weighted by Gasteiger charge is -2.25. The van der Waals surface area contributed by atoms with E-state index in [9.17, 15) is 0 Å². The highest BCUT2D eigenvalue weighted by Crippen LogP contribution is 2.32. The van der Waals surface area contributed by atoms with E-state index in [1.165, 1.54) is 30.8 Å². The molecule has 0 bridgehead atoms. The molecule has 0 amide bonds. The van der Waals surface area contributed by atoms with Crippen LogP contribution >= 0.6 is 15.9 Å². The lowest BCUT2D eigenvalue weighted by molar-refractivity contribution is 0.578. The Balaban J connectivity index is 1.89. The molecule has 86 valence electrons. The maximum Gasteiger partial charge on any atom is 0.109 e. The zero-order valence-electron chi connectivity index (χ0n) is 9.41. The summed E-state index contributed by atoms with van der Waals surface area (Å²) in [6.45, 7) is 5.59. The van der Waals surface area contributed by atoms with Crippen LogP contribution in [0, 0.1) is 12.8 Å². The third-order valence-electron chi connectivity index (χ3n) is 3.78. The molecule has 1 aromatic rings. The van der Waals surface area contributed by atoms with E-state index in [1.807, 2.05) is 6.20 Å². The Hall–Kier alpha value is -0.610. The molecule has 4 heteroatoms. The van der Waals surface area contributed by atoms with Crippen LogP contribution in [0.1, 0.15) is 12.0 Å². The standard InChI is InChI=1S/C12H16BrN3/c1-8-4-10(6-15-12(8)13)16-3-2-9-5-14-7-11(9)16/h4,6,9,11,14H,2-3,5,7H2,1H3/t9-,11+/m1/s1. The zero-order valence-corrected chi connectivity index (χ0v) is 11.0. The molecule has 2 saturated heterocycles. The summed E-state index contributed by atoms with van der Waals surface area (Å²) in [6.07, 6.45) is 3.30. The van der Waals surface area contributed by atoms with E-state index < -0.39 is 0 Å². The van der Waals surface area contributed by atoms with Gasteiger partial charge in [0.15, 0.2) is 0 Å². The second kappa shape index (κ2) is 4.00. The molecule has 0 saturated carbocycles. The molecule has 2 fully saturated rings. The molecule has 0 radical (unpaired) electrons. The minimum Gasteiger partial charge on any atom is -0.366 e. The Kier molecular flexibility index (Phi) is 2.64. The van der Waals surface area contributed by atoms with Crippen LogP contribution in [0.5, 0.6) is 0 Å². The quantitative estimate of drug-likeness (QED) is 0.798. The van der Waals surface area contributed by atoms with E-state index >= 15 is 0 Å². The van der Waals surface area contributed by atoms with Gasteiger partial charge in [0.2, 0.25) is 0 Å². The highest BCUT2D eigenvalue weighted by atomic mass is 79.9. The fraction of sp³-hybridized carbons (Fsp3) is 0.583. The molecular weight excluding hydrogens is 266 g/mol. The first-order valence-corrected chi connectivity index (χ1v) is 6.64. The summed E-state index contributed by atoms with van der Waals surface area (Å²) < 4.78 is 0.955. The van der Waals surface area contributed by atoms with E-state index in [4.69, 9.17) is 0 Å². The summed E-state index contributed by atoms with van der Waals surface area (Å²) in [5, 5.41) is 3.48. The van der Waals surface area contributed by atoms with Crippen LogP contribution in [0.15, 0.2) is 16.9 Å². The molecule has 2 aliphatic rings. The van der Waals surface area contributed by atoms with Crippen molar-refractivity contribution < 1.29 is 0 Å². The second-order valence-corrected chi connectivity index (χ2v) is 5.52. The van der Waals surface area contributed by atoms with Crippen LogP contribution in [-0.4, -0.2) is 30.7 Å². The van der Waals surface area contributed by atoms with Crippen molar-refractivity contribution in [2.75, 3.05) is 24.5 Å². The first kappa shape index (κ1) is 10.5. The fourth-order valence-electron chi connectivity index (χ4n) is 2.87. The molecule has 1 N–H and O–H groups in total. The second-order valence-electron chi connectivity index (χ2n) is 4.77. The Morgan fingerprint density at radius 3 is 3.19 bits per heavy atom. The molecular formula is C12H16BrN3. The van der Waals surface area contributed by atoms with Crippen LogP contribution in [0.2, 0.25) is 0 Å². The van der Waals surface area contributed by atoms with E-state index in [2.05, 4.69) is 44.1 Å². The molecule has 0 aliphatic carbocycles. The molecule has 3 rings (SSSR count). The highest BCUT2D eigenvalue weighted by molar-refractivity contribution is 9.10. The maximum atomic E-state index is 4.39. The van der Waals surface area contributed by atoms with Gasteiger partial charge in [-0.3, -0.25) is 0 Å². The van der Waals surface area contributed by atoms with Crippen LogP contribution in [0.3, 0.4) is 0 Å². The summed E-state index contributed by atoms with van der Waals surface area (Å²) in [7, 11) is 0. The highest BCUT2D eigenvalue weighted by Gasteiger charge is 2.37. The number of rotatable bonds is 1. The van der Waals surface area contributed by atoms with Crippen molar-refractivity contribution in [3.8, 4) is 0 Å². The van der Waals surface area contributed by atoms with Crippen molar-refractivity contribution in [2.45, 2.75) is 19.4 Å². The molecule has 16 heavy (non-hydrogen) atoms. The average molecular weight is 282 g/mol. The minimum atomic E-state index is 0.683. The number of nitrogens with zero attached hydrogens (tertiary/aromatic N) is 2. The summed E-state index contributed by atoms with van der Waals surface area (Å²) >= 11 is 3.45. The lowest BCUT2D eigenvalue weighted by atomic mass is 10.1. The number of anilines is 1. The number of aryl methyl sites for hydroxylation is 1. The molecule has 1 aromatic heterocycles. The number of hydrogen-bond donors (Lipinski definition) is 1. The SMILES string of the molecule is Cc1cc(N2CC[C@@H]3CNC[C@@H]32)cnc1Br. The van der Waals surface area contributed by atoms with Gasteiger partial charge in [-0.25, -0.2) is 4.98 Å². The van der Waals surface area contributed by atoms with Crippen LogP contribution in [0.4, 0.5) is 5.69 Å². The predicted molar refractivity (Wildman–Crippen MR) is 68.8 cm³/mol. The van der Waals surface area contributed by atoms with Gasteiger partial charge in [-0.2, -0.15) is 0 Å². The van der Waals surface area contributed by atoms with Crippen molar-refractivity contribution in [3.05, 3.63) is 22.4 Å². The molecule has 0 spiro atoms. The largest absolute Gasteiger partial charge is 0.366 e. The van der Waals surface area contributed by atoms with Crippen molar-refractivity contribution in [1.29, 1.82) is 0 Å². The molecule has 0 aromatic carbocycles. The van der Waals surface area contributed by atoms with Gasteiger partial charge in [0, 0.05) is 25.7 Å². The Morgan fingerprint density at radius 2 is 2.38 bits per heavy atom. The first-order valence-electron chi connectivity index (χ1n) is 5.85. The third-order valence-corrected chi connectivity index (χ3v) is 4.61. The average Bonchev–Trinajstić information content (AvgIpc) is 2.83. The van der Waals surface area contributed by atoms with Crippen molar-refractivity contribution >= 4 is 21.6 Å². The van der Waals surface area contributed by atoms with Gasteiger partial charge in [0.05, 0.1) is 11.9 Å². The van der Waals surface area contributed by atoms with Gasteiger partial charge >= 0.3 is 0 Å². The molecule has 2 aliphatic heterocycles. The first-order chi connectivity index (χ1) is 7.75. The van der Waals surface area contributed by atoms with Crippen LogP contribution in [-0.2, 0) is 0 Å². The Labute approximate surface area is 104 Å². The number of halogens is 1. The third kappa shape index (κ3) is 1.64. The number of hydrogen-bond acceptors (Lipinski definition) is 3. The van der Waals surface area contributed by atoms with Crippen molar-refractivity contribution in [3.63, 3.8) is 0 Å². The monoisotopic (exact) mass is 281 g/mol. The van der Waals surface area contributed by atoms with Crippen LogP contribution < -0.4 is 10.2 Å². The summed E-state index contributed by atoms with van der Waals surface area (Å²) in [5.74, 6) is 0.837. The summed E-state index contributed by atoms with van der Waals surface area (Å²) in [6, 6.07) is 2.92. The number of nitrogens with one attached hydrogen (secondary N) is 1. The molecule has 3 nitrogen and oxygen atoms in total. The van der Waals surface area contributed by atoms with Crippen LogP contribution in [0.25, 0.3) is 0 Å². The smallest absolute Gasteiger partial charge is 0.109 e. The maximum absolute atomic E-state index is 4.39. The molecule has 2 atom stereocenters. The molecule has 3 heterocycles. The van der Waals surface area contributed by atoms with E-state index in [0.29, 0.717) is 6.04 Å².